The Labute approximate surface area is 110 Å². The van der Waals surface area contributed by atoms with Crippen molar-refractivity contribution in [2.75, 3.05) is 13.1 Å². The molecule has 0 spiro atoms. The molecule has 1 aliphatic rings. The summed E-state index contributed by atoms with van der Waals surface area (Å²) in [6.45, 7) is 8.25. The summed E-state index contributed by atoms with van der Waals surface area (Å²) in [6.07, 6.45) is 3.76. The van der Waals surface area contributed by atoms with E-state index in [1.54, 1.807) is 0 Å². The van der Waals surface area contributed by atoms with E-state index in [0.29, 0.717) is 0 Å². The fourth-order valence-corrected chi connectivity index (χ4v) is 2.70. The highest BCUT2D eigenvalue weighted by Crippen LogP contribution is 2.18. The average molecular weight is 245 g/mol. The number of rotatable bonds is 3. The number of Topliss-reactive ketones (excluding diaryl/α,β-unsaturated/α-hetero) is 1. The number of hydrogen-bond donors (Lipinski definition) is 0. The van der Waals surface area contributed by atoms with Crippen LogP contribution < -0.4 is 0 Å². The third-order valence-electron chi connectivity index (χ3n) is 3.98. The summed E-state index contributed by atoms with van der Waals surface area (Å²) >= 11 is 0. The van der Waals surface area contributed by atoms with Crippen LogP contribution in [-0.2, 0) is 0 Å². The third kappa shape index (κ3) is 2.81. The van der Waals surface area contributed by atoms with Gasteiger partial charge >= 0.3 is 0 Å². The van der Waals surface area contributed by atoms with Gasteiger partial charge in [0, 0.05) is 5.56 Å². The molecule has 1 fully saturated rings. The smallest absolute Gasteiger partial charge is 0.179 e. The van der Waals surface area contributed by atoms with Crippen molar-refractivity contribution in [3.05, 3.63) is 34.9 Å². The zero-order valence-electron chi connectivity index (χ0n) is 11.7. The van der Waals surface area contributed by atoms with Crippen LogP contribution in [-0.4, -0.2) is 29.8 Å². The minimum Gasteiger partial charge on any atom is -0.294 e. The highest BCUT2D eigenvalue weighted by molar-refractivity contribution is 6.01. The first-order valence-corrected chi connectivity index (χ1v) is 6.95. The summed E-state index contributed by atoms with van der Waals surface area (Å²) in [5.41, 5.74) is 3.15. The molecule has 2 heteroatoms. The molecule has 1 heterocycles. The lowest BCUT2D eigenvalue weighted by molar-refractivity contribution is 0.0808. The molecule has 1 atom stereocenters. The van der Waals surface area contributed by atoms with Crippen molar-refractivity contribution in [3.8, 4) is 0 Å². The maximum atomic E-state index is 12.6. The van der Waals surface area contributed by atoms with Gasteiger partial charge < -0.3 is 0 Å². The Balaban J connectivity index is 2.16. The molecular weight excluding hydrogens is 222 g/mol. The fourth-order valence-electron chi connectivity index (χ4n) is 2.70. The maximum Gasteiger partial charge on any atom is 0.179 e. The second kappa shape index (κ2) is 5.66. The van der Waals surface area contributed by atoms with Crippen LogP contribution in [0.2, 0.25) is 0 Å². The monoisotopic (exact) mass is 245 g/mol. The van der Waals surface area contributed by atoms with Crippen LogP contribution in [0, 0.1) is 13.8 Å². The van der Waals surface area contributed by atoms with Gasteiger partial charge in [-0.25, -0.2) is 0 Å². The molecule has 1 saturated heterocycles. The Bertz CT molecular complexity index is 433. The van der Waals surface area contributed by atoms with E-state index >= 15 is 0 Å². The van der Waals surface area contributed by atoms with E-state index in [9.17, 15) is 4.79 Å². The minimum absolute atomic E-state index is 0.0193. The fraction of sp³-hybridized carbons (Fsp3) is 0.562. The Morgan fingerprint density at radius 2 is 1.83 bits per heavy atom. The van der Waals surface area contributed by atoms with Crippen LogP contribution in [0.3, 0.4) is 0 Å². The van der Waals surface area contributed by atoms with Gasteiger partial charge in [0.25, 0.3) is 0 Å². The minimum atomic E-state index is 0.0193. The van der Waals surface area contributed by atoms with E-state index in [1.165, 1.54) is 19.3 Å². The first-order chi connectivity index (χ1) is 8.59. The molecule has 0 aromatic heterocycles. The van der Waals surface area contributed by atoms with Crippen molar-refractivity contribution >= 4 is 5.78 Å². The van der Waals surface area contributed by atoms with Crippen molar-refractivity contribution in [2.24, 2.45) is 0 Å². The van der Waals surface area contributed by atoms with Crippen molar-refractivity contribution in [1.82, 2.24) is 4.90 Å². The van der Waals surface area contributed by atoms with Crippen LogP contribution in [0.25, 0.3) is 0 Å². The average Bonchev–Trinajstić information content (AvgIpc) is 2.41. The first-order valence-electron chi connectivity index (χ1n) is 6.95. The van der Waals surface area contributed by atoms with E-state index in [2.05, 4.69) is 17.9 Å². The maximum absolute atomic E-state index is 12.6. The Hall–Kier alpha value is -1.15. The Morgan fingerprint density at radius 3 is 2.50 bits per heavy atom. The van der Waals surface area contributed by atoms with E-state index in [1.807, 2.05) is 26.0 Å². The Morgan fingerprint density at radius 1 is 1.17 bits per heavy atom. The summed E-state index contributed by atoms with van der Waals surface area (Å²) in [4.78, 5) is 14.9. The van der Waals surface area contributed by atoms with Gasteiger partial charge in [0.15, 0.2) is 5.78 Å². The Kier molecular flexibility index (Phi) is 4.18. The van der Waals surface area contributed by atoms with E-state index in [0.717, 1.165) is 29.8 Å². The lowest BCUT2D eigenvalue weighted by Gasteiger charge is -2.31. The molecule has 1 aromatic carbocycles. The largest absolute Gasteiger partial charge is 0.294 e. The molecule has 0 aliphatic carbocycles. The highest BCUT2D eigenvalue weighted by Gasteiger charge is 2.24. The van der Waals surface area contributed by atoms with Crippen LogP contribution in [0.4, 0.5) is 0 Å². The standard InChI is InChI=1S/C16H23NO/c1-12-7-8-13(2)15(11-12)16(18)14(3)17-9-5-4-6-10-17/h7-8,11,14H,4-6,9-10H2,1-3H3. The van der Waals surface area contributed by atoms with Gasteiger partial charge in [-0.1, -0.05) is 24.1 Å². The summed E-state index contributed by atoms with van der Waals surface area (Å²) in [6, 6.07) is 6.16. The zero-order valence-corrected chi connectivity index (χ0v) is 11.7. The van der Waals surface area contributed by atoms with Crippen LogP contribution in [0.15, 0.2) is 18.2 Å². The van der Waals surface area contributed by atoms with Crippen molar-refractivity contribution in [2.45, 2.75) is 46.1 Å². The van der Waals surface area contributed by atoms with Gasteiger partial charge in [-0.15, -0.1) is 0 Å². The number of piperidine rings is 1. The molecule has 0 saturated carbocycles. The van der Waals surface area contributed by atoms with Gasteiger partial charge in [0.2, 0.25) is 0 Å². The number of carbonyl (C=O) groups is 1. The molecule has 0 radical (unpaired) electrons. The second-order valence-corrected chi connectivity index (χ2v) is 5.46. The van der Waals surface area contributed by atoms with Crippen LogP contribution in [0.5, 0.6) is 0 Å². The molecule has 0 N–H and O–H groups in total. The quantitative estimate of drug-likeness (QED) is 0.761. The number of benzene rings is 1. The number of likely N-dealkylation sites (tertiary alicyclic amines) is 1. The molecule has 1 aliphatic heterocycles. The normalized spacial score (nSPS) is 18.6. The third-order valence-corrected chi connectivity index (χ3v) is 3.98. The predicted octanol–water partition coefficient (Wildman–Crippen LogP) is 3.36. The molecule has 0 amide bonds. The van der Waals surface area contributed by atoms with Gasteiger partial charge in [-0.2, -0.15) is 0 Å². The van der Waals surface area contributed by atoms with E-state index in [-0.39, 0.29) is 11.8 Å². The predicted molar refractivity (Wildman–Crippen MR) is 75.1 cm³/mol. The zero-order chi connectivity index (χ0) is 13.1. The lowest BCUT2D eigenvalue weighted by Crippen LogP contribution is -2.42. The van der Waals surface area contributed by atoms with Gasteiger partial charge in [-0.3, -0.25) is 9.69 Å². The highest BCUT2D eigenvalue weighted by atomic mass is 16.1. The van der Waals surface area contributed by atoms with Gasteiger partial charge in [0.05, 0.1) is 6.04 Å². The summed E-state index contributed by atoms with van der Waals surface area (Å²) in [7, 11) is 0. The molecule has 2 rings (SSSR count). The van der Waals surface area contributed by atoms with Crippen LogP contribution >= 0.6 is 0 Å². The lowest BCUT2D eigenvalue weighted by atomic mass is 9.96. The van der Waals surface area contributed by atoms with Gasteiger partial charge in [0.1, 0.15) is 0 Å². The van der Waals surface area contributed by atoms with Gasteiger partial charge in [-0.05, 0) is 58.3 Å². The molecule has 1 aromatic rings. The molecule has 1 unspecified atom stereocenters. The number of hydrogen-bond acceptors (Lipinski definition) is 2. The molecular formula is C16H23NO. The second-order valence-electron chi connectivity index (χ2n) is 5.46. The number of aryl methyl sites for hydroxylation is 2. The van der Waals surface area contributed by atoms with E-state index in [4.69, 9.17) is 0 Å². The summed E-state index contributed by atoms with van der Waals surface area (Å²) < 4.78 is 0. The number of nitrogens with zero attached hydrogens (tertiary/aromatic N) is 1. The summed E-state index contributed by atoms with van der Waals surface area (Å²) in [5, 5.41) is 0. The van der Waals surface area contributed by atoms with Crippen LogP contribution in [0.1, 0.15) is 47.7 Å². The van der Waals surface area contributed by atoms with E-state index < -0.39 is 0 Å². The number of carbonyl (C=O) groups excluding carboxylic acids is 1. The topological polar surface area (TPSA) is 20.3 Å². The van der Waals surface area contributed by atoms with Crippen molar-refractivity contribution < 1.29 is 4.79 Å². The molecule has 98 valence electrons. The van der Waals surface area contributed by atoms with Crippen molar-refractivity contribution in [1.29, 1.82) is 0 Å². The first kappa shape index (κ1) is 13.3. The SMILES string of the molecule is Cc1ccc(C)c(C(=O)C(C)N2CCCCC2)c1. The molecule has 2 nitrogen and oxygen atoms in total. The van der Waals surface area contributed by atoms with Crippen molar-refractivity contribution in [3.63, 3.8) is 0 Å². The molecule has 0 bridgehead atoms. The number of ketones is 1. The summed E-state index contributed by atoms with van der Waals surface area (Å²) in [5.74, 6) is 0.276. The molecule has 18 heavy (non-hydrogen) atoms.